The van der Waals surface area contributed by atoms with Crippen LogP contribution in [0.2, 0.25) is 5.02 Å². The summed E-state index contributed by atoms with van der Waals surface area (Å²) in [5.41, 5.74) is 1.24. The summed E-state index contributed by atoms with van der Waals surface area (Å²) >= 11 is 5.97. The van der Waals surface area contributed by atoms with E-state index in [-0.39, 0.29) is 6.54 Å². The molecule has 1 fully saturated rings. The lowest BCUT2D eigenvalue weighted by molar-refractivity contribution is -0.150. The van der Waals surface area contributed by atoms with Crippen molar-refractivity contribution in [1.82, 2.24) is 4.31 Å². The van der Waals surface area contributed by atoms with E-state index in [0.717, 1.165) is 10.6 Å². The van der Waals surface area contributed by atoms with Crippen molar-refractivity contribution in [2.24, 2.45) is 0 Å². The molecule has 1 aliphatic rings. The molecule has 1 aromatic rings. The van der Waals surface area contributed by atoms with Crippen LogP contribution in [0.15, 0.2) is 18.2 Å². The first kappa shape index (κ1) is 18.7. The predicted octanol–water partition coefficient (Wildman–Crippen LogP) is 1.55. The first-order valence-corrected chi connectivity index (χ1v) is 9.61. The predicted molar refractivity (Wildman–Crippen MR) is 90.3 cm³/mol. The summed E-state index contributed by atoms with van der Waals surface area (Å²) in [6, 6.07) is 4.22. The number of ether oxygens (including phenoxy) is 1. The molecule has 0 spiro atoms. The third-order valence-electron chi connectivity index (χ3n) is 3.79. The monoisotopic (exact) mass is 374 g/mol. The molecule has 1 atom stereocenters. The van der Waals surface area contributed by atoms with Crippen molar-refractivity contribution >= 4 is 39.2 Å². The molecular weight excluding hydrogens is 356 g/mol. The molecule has 2 rings (SSSR count). The fraction of sp³-hybridized carbons (Fsp3) is 0.467. The van der Waals surface area contributed by atoms with Gasteiger partial charge in [0.2, 0.25) is 10.0 Å². The number of esters is 1. The minimum absolute atomic E-state index is 0.284. The van der Waals surface area contributed by atoms with Crippen LogP contribution in [0.3, 0.4) is 0 Å². The van der Waals surface area contributed by atoms with E-state index in [1.165, 1.54) is 0 Å². The van der Waals surface area contributed by atoms with E-state index in [1.54, 1.807) is 25.1 Å². The molecule has 1 N–H and O–H groups in total. The standard InChI is InChI=1S/C15H19ClN2O5S/c1-10-11(16)5-3-6-12(10)17-14(19)9-23-15(20)13-7-4-8-18(13)24(2,21)22/h3,5-6,13H,4,7-9H2,1-2H3,(H,17,19). The molecule has 1 unspecified atom stereocenters. The molecule has 0 saturated carbocycles. The first-order valence-electron chi connectivity index (χ1n) is 7.38. The topological polar surface area (TPSA) is 92.8 Å². The van der Waals surface area contributed by atoms with Crippen LogP contribution < -0.4 is 5.32 Å². The number of nitrogens with zero attached hydrogens (tertiary/aromatic N) is 1. The fourth-order valence-electron chi connectivity index (χ4n) is 2.53. The number of hydrogen-bond acceptors (Lipinski definition) is 5. The fourth-order valence-corrected chi connectivity index (χ4v) is 3.82. The van der Waals surface area contributed by atoms with Crippen molar-refractivity contribution in [3.63, 3.8) is 0 Å². The number of sulfonamides is 1. The Kier molecular flexibility index (Phi) is 5.84. The minimum atomic E-state index is -3.48. The number of hydrogen-bond donors (Lipinski definition) is 1. The highest BCUT2D eigenvalue weighted by atomic mass is 35.5. The van der Waals surface area contributed by atoms with Gasteiger partial charge < -0.3 is 10.1 Å². The summed E-state index contributed by atoms with van der Waals surface area (Å²) < 4.78 is 29.3. The summed E-state index contributed by atoms with van der Waals surface area (Å²) in [6.07, 6.45) is 2.02. The number of rotatable bonds is 5. The summed E-state index contributed by atoms with van der Waals surface area (Å²) in [6.45, 7) is 1.55. The zero-order chi connectivity index (χ0) is 17.9. The Hall–Kier alpha value is -1.64. The van der Waals surface area contributed by atoms with Crippen LogP contribution in [0.25, 0.3) is 0 Å². The molecule has 0 bridgehead atoms. The molecule has 0 aromatic heterocycles. The van der Waals surface area contributed by atoms with Crippen molar-refractivity contribution in [1.29, 1.82) is 0 Å². The van der Waals surface area contributed by atoms with Crippen molar-refractivity contribution in [2.75, 3.05) is 24.7 Å². The Labute approximate surface area is 146 Å². The quantitative estimate of drug-likeness (QED) is 0.789. The van der Waals surface area contributed by atoms with Gasteiger partial charge in [0.25, 0.3) is 5.91 Å². The van der Waals surface area contributed by atoms with Gasteiger partial charge in [0.15, 0.2) is 6.61 Å². The lowest BCUT2D eigenvalue weighted by Gasteiger charge is -2.20. The Balaban J connectivity index is 1.92. The van der Waals surface area contributed by atoms with Gasteiger partial charge in [-0.2, -0.15) is 4.31 Å². The van der Waals surface area contributed by atoms with Crippen molar-refractivity contribution in [3.8, 4) is 0 Å². The highest BCUT2D eigenvalue weighted by Gasteiger charge is 2.37. The number of benzene rings is 1. The maximum absolute atomic E-state index is 12.1. The normalized spacial score (nSPS) is 18.4. The number of carbonyl (C=O) groups is 2. The van der Waals surface area contributed by atoms with E-state index in [2.05, 4.69) is 5.32 Å². The summed E-state index contributed by atoms with van der Waals surface area (Å²) in [7, 11) is -3.48. The molecular formula is C15H19ClN2O5S. The molecule has 1 amide bonds. The van der Waals surface area contributed by atoms with Crippen LogP contribution in [0, 0.1) is 6.92 Å². The van der Waals surface area contributed by atoms with Gasteiger partial charge in [-0.25, -0.2) is 8.42 Å². The molecule has 1 aliphatic heterocycles. The Morgan fingerprint density at radius 2 is 2.12 bits per heavy atom. The number of nitrogens with one attached hydrogen (secondary N) is 1. The van der Waals surface area contributed by atoms with Crippen LogP contribution in [-0.2, 0) is 24.3 Å². The van der Waals surface area contributed by atoms with E-state index < -0.39 is 34.5 Å². The van der Waals surface area contributed by atoms with Gasteiger partial charge in [-0.15, -0.1) is 0 Å². The maximum Gasteiger partial charge on any atom is 0.324 e. The van der Waals surface area contributed by atoms with Gasteiger partial charge in [-0.3, -0.25) is 9.59 Å². The number of halogens is 1. The molecule has 9 heteroatoms. The van der Waals surface area contributed by atoms with E-state index >= 15 is 0 Å². The van der Waals surface area contributed by atoms with E-state index in [4.69, 9.17) is 16.3 Å². The van der Waals surface area contributed by atoms with Crippen LogP contribution in [-0.4, -0.2) is 50.0 Å². The van der Waals surface area contributed by atoms with Gasteiger partial charge in [0, 0.05) is 17.3 Å². The minimum Gasteiger partial charge on any atom is -0.454 e. The summed E-state index contributed by atoms with van der Waals surface area (Å²) in [5.74, 6) is -1.23. The van der Waals surface area contributed by atoms with Crippen molar-refractivity contribution in [2.45, 2.75) is 25.8 Å². The third kappa shape index (κ3) is 4.46. The molecule has 1 saturated heterocycles. The average molecular weight is 375 g/mol. The lowest BCUT2D eigenvalue weighted by Crippen LogP contribution is -2.41. The van der Waals surface area contributed by atoms with Gasteiger partial charge in [-0.1, -0.05) is 17.7 Å². The molecule has 7 nitrogen and oxygen atoms in total. The zero-order valence-electron chi connectivity index (χ0n) is 13.4. The number of amides is 1. The third-order valence-corrected chi connectivity index (χ3v) is 5.49. The van der Waals surface area contributed by atoms with Crippen molar-refractivity contribution < 1.29 is 22.7 Å². The van der Waals surface area contributed by atoms with Crippen LogP contribution in [0.1, 0.15) is 18.4 Å². The van der Waals surface area contributed by atoms with Gasteiger partial charge in [-0.05, 0) is 37.5 Å². The number of carbonyl (C=O) groups excluding carboxylic acids is 2. The Morgan fingerprint density at radius 1 is 1.42 bits per heavy atom. The summed E-state index contributed by atoms with van der Waals surface area (Å²) in [5, 5.41) is 3.12. The van der Waals surface area contributed by atoms with Gasteiger partial charge in [0.1, 0.15) is 6.04 Å². The first-order chi connectivity index (χ1) is 11.2. The molecule has 1 heterocycles. The van der Waals surface area contributed by atoms with Gasteiger partial charge in [0.05, 0.1) is 6.26 Å². The number of anilines is 1. The maximum atomic E-state index is 12.1. The van der Waals surface area contributed by atoms with Crippen molar-refractivity contribution in [3.05, 3.63) is 28.8 Å². The molecule has 132 valence electrons. The molecule has 24 heavy (non-hydrogen) atoms. The Morgan fingerprint density at radius 3 is 2.79 bits per heavy atom. The highest BCUT2D eigenvalue weighted by molar-refractivity contribution is 7.88. The summed E-state index contributed by atoms with van der Waals surface area (Å²) in [4.78, 5) is 24.0. The van der Waals surface area contributed by atoms with Crippen LogP contribution in [0.5, 0.6) is 0 Å². The second-order valence-corrected chi connectivity index (χ2v) is 7.94. The SMILES string of the molecule is Cc1c(Cl)cccc1NC(=O)COC(=O)C1CCCN1S(C)(=O)=O. The largest absolute Gasteiger partial charge is 0.454 e. The second-order valence-electron chi connectivity index (χ2n) is 5.60. The lowest BCUT2D eigenvalue weighted by atomic mass is 10.2. The van der Waals surface area contributed by atoms with Crippen LogP contribution in [0.4, 0.5) is 5.69 Å². The average Bonchev–Trinajstić information content (AvgIpc) is 2.99. The Bertz CT molecular complexity index is 750. The smallest absolute Gasteiger partial charge is 0.324 e. The van der Waals surface area contributed by atoms with E-state index in [0.29, 0.717) is 29.1 Å². The molecule has 0 aliphatic carbocycles. The highest BCUT2D eigenvalue weighted by Crippen LogP contribution is 2.23. The van der Waals surface area contributed by atoms with Crippen LogP contribution >= 0.6 is 11.6 Å². The van der Waals surface area contributed by atoms with E-state index in [1.807, 2.05) is 0 Å². The second kappa shape index (κ2) is 7.50. The molecule has 0 radical (unpaired) electrons. The molecule has 1 aromatic carbocycles. The van der Waals surface area contributed by atoms with Gasteiger partial charge >= 0.3 is 5.97 Å². The zero-order valence-corrected chi connectivity index (χ0v) is 15.0. The van der Waals surface area contributed by atoms with E-state index in [9.17, 15) is 18.0 Å².